The molecule has 3 atom stereocenters. The first kappa shape index (κ1) is 20.3. The van der Waals surface area contributed by atoms with Gasteiger partial charge in [0, 0.05) is 19.1 Å². The highest BCUT2D eigenvalue weighted by Gasteiger charge is 2.44. The number of aliphatic hydroxyl groups is 1. The van der Waals surface area contributed by atoms with Crippen molar-refractivity contribution in [1.29, 1.82) is 0 Å². The lowest BCUT2D eigenvalue weighted by Gasteiger charge is -2.51. The van der Waals surface area contributed by atoms with Crippen molar-refractivity contribution >= 4 is 0 Å². The van der Waals surface area contributed by atoms with E-state index in [1.807, 2.05) is 0 Å². The van der Waals surface area contributed by atoms with Gasteiger partial charge in [0.1, 0.15) is 0 Å². The van der Waals surface area contributed by atoms with Crippen LogP contribution in [0.15, 0.2) is 30.3 Å². The summed E-state index contributed by atoms with van der Waals surface area (Å²) in [6.07, 6.45) is 8.56. The molecule has 3 nitrogen and oxygen atoms in total. The Balaban J connectivity index is 1.30. The third kappa shape index (κ3) is 4.60. The minimum absolute atomic E-state index is 0.205. The molecule has 4 heteroatoms. The Morgan fingerprint density at radius 3 is 2.54 bits per heavy atom. The van der Waals surface area contributed by atoms with E-state index in [4.69, 9.17) is 0 Å². The number of rotatable bonds is 5. The van der Waals surface area contributed by atoms with E-state index in [9.17, 15) is 9.50 Å². The van der Waals surface area contributed by atoms with Crippen molar-refractivity contribution in [1.82, 2.24) is 9.80 Å². The van der Waals surface area contributed by atoms with Crippen LogP contribution < -0.4 is 0 Å². The van der Waals surface area contributed by atoms with Crippen molar-refractivity contribution in [2.24, 2.45) is 5.41 Å². The normalized spacial score (nSPS) is 33.4. The Morgan fingerprint density at radius 1 is 1.04 bits per heavy atom. The maximum atomic E-state index is 12.6. The molecular weight excluding hydrogens is 351 g/mol. The maximum absolute atomic E-state index is 12.6. The molecule has 156 valence electrons. The fraction of sp³-hybridized carbons (Fsp3) is 0.750. The molecule has 0 radical (unpaired) electrons. The van der Waals surface area contributed by atoms with Crippen LogP contribution >= 0.6 is 0 Å². The predicted octanol–water partition coefficient (Wildman–Crippen LogP) is 4.22. The van der Waals surface area contributed by atoms with Gasteiger partial charge in [-0.05, 0) is 87.9 Å². The van der Waals surface area contributed by atoms with Gasteiger partial charge in [-0.15, -0.1) is 0 Å². The zero-order valence-corrected chi connectivity index (χ0v) is 17.2. The van der Waals surface area contributed by atoms with Gasteiger partial charge < -0.3 is 10.0 Å². The van der Waals surface area contributed by atoms with Crippen molar-refractivity contribution in [2.75, 3.05) is 39.4 Å². The summed E-state index contributed by atoms with van der Waals surface area (Å²) in [5, 5.41) is 11.1. The van der Waals surface area contributed by atoms with Crippen molar-refractivity contribution in [3.63, 3.8) is 0 Å². The van der Waals surface area contributed by atoms with Gasteiger partial charge in [-0.2, -0.15) is 0 Å². The van der Waals surface area contributed by atoms with E-state index in [0.29, 0.717) is 18.4 Å². The topological polar surface area (TPSA) is 26.7 Å². The van der Waals surface area contributed by atoms with Crippen molar-refractivity contribution in [2.45, 2.75) is 69.4 Å². The van der Waals surface area contributed by atoms with Crippen LogP contribution in [0.3, 0.4) is 0 Å². The molecule has 0 bridgehead atoms. The first-order chi connectivity index (χ1) is 13.7. The fourth-order valence-electron chi connectivity index (χ4n) is 6.20. The molecule has 0 unspecified atom stereocenters. The van der Waals surface area contributed by atoms with Gasteiger partial charge in [-0.25, -0.2) is 0 Å². The van der Waals surface area contributed by atoms with Gasteiger partial charge in [-0.1, -0.05) is 30.3 Å². The standard InChI is InChI=1S/C24H37FN2O/c25-13-5-15-26-14-4-11-24(19-26)12-8-22(23(28)18-24)27-16-9-21(10-17-27)20-6-2-1-3-7-20/h1-3,6-7,21-23,28H,4-5,8-19H2/t22-,23-,24-/m0/s1. The Bertz CT molecular complexity index is 604. The van der Waals surface area contributed by atoms with Gasteiger partial charge >= 0.3 is 0 Å². The molecule has 1 N–H and O–H groups in total. The van der Waals surface area contributed by atoms with E-state index in [2.05, 4.69) is 40.1 Å². The van der Waals surface area contributed by atoms with Crippen LogP contribution in [0, 0.1) is 5.41 Å². The summed E-state index contributed by atoms with van der Waals surface area (Å²) in [5.41, 5.74) is 1.74. The number of aliphatic hydroxyl groups excluding tert-OH is 1. The van der Waals surface area contributed by atoms with Crippen LogP contribution in [0.1, 0.15) is 62.8 Å². The highest BCUT2D eigenvalue weighted by Crippen LogP contribution is 2.45. The third-order valence-electron chi connectivity index (χ3n) is 7.67. The van der Waals surface area contributed by atoms with Gasteiger partial charge in [-0.3, -0.25) is 9.29 Å². The summed E-state index contributed by atoms with van der Waals surface area (Å²) in [6, 6.07) is 11.2. The number of alkyl halides is 1. The number of likely N-dealkylation sites (tertiary alicyclic amines) is 2. The molecule has 3 fully saturated rings. The molecule has 2 saturated heterocycles. The summed E-state index contributed by atoms with van der Waals surface area (Å²) in [5.74, 6) is 0.673. The quantitative estimate of drug-likeness (QED) is 0.818. The molecule has 1 aromatic rings. The third-order valence-corrected chi connectivity index (χ3v) is 7.67. The largest absolute Gasteiger partial charge is 0.391 e. The first-order valence-corrected chi connectivity index (χ1v) is 11.4. The molecule has 2 aliphatic heterocycles. The Morgan fingerprint density at radius 2 is 1.82 bits per heavy atom. The van der Waals surface area contributed by atoms with E-state index in [-0.39, 0.29) is 18.2 Å². The van der Waals surface area contributed by atoms with Crippen LogP contribution in [-0.4, -0.2) is 66.5 Å². The molecule has 4 rings (SSSR count). The number of hydrogen-bond acceptors (Lipinski definition) is 3. The van der Waals surface area contributed by atoms with Crippen molar-refractivity contribution < 1.29 is 9.50 Å². The Hall–Kier alpha value is -0.970. The molecule has 0 amide bonds. The van der Waals surface area contributed by atoms with Crippen LogP contribution in [0.2, 0.25) is 0 Å². The number of hydrogen-bond donors (Lipinski definition) is 1. The second-order valence-corrected chi connectivity index (χ2v) is 9.52. The molecule has 1 aromatic carbocycles. The highest BCUT2D eigenvalue weighted by atomic mass is 19.1. The molecule has 3 aliphatic rings. The molecule has 0 aromatic heterocycles. The minimum Gasteiger partial charge on any atom is -0.391 e. The lowest BCUT2D eigenvalue weighted by Crippen LogP contribution is -2.55. The average molecular weight is 389 g/mol. The summed E-state index contributed by atoms with van der Waals surface area (Å²) in [4.78, 5) is 5.02. The van der Waals surface area contributed by atoms with Crippen molar-refractivity contribution in [3.8, 4) is 0 Å². The van der Waals surface area contributed by atoms with E-state index < -0.39 is 0 Å². The lowest BCUT2D eigenvalue weighted by atomic mass is 9.66. The van der Waals surface area contributed by atoms with Crippen LogP contribution in [0.25, 0.3) is 0 Å². The monoisotopic (exact) mass is 388 g/mol. The maximum Gasteiger partial charge on any atom is 0.0906 e. The summed E-state index contributed by atoms with van der Waals surface area (Å²) >= 11 is 0. The lowest BCUT2D eigenvalue weighted by molar-refractivity contribution is -0.0603. The number of halogens is 1. The average Bonchev–Trinajstić information content (AvgIpc) is 2.73. The van der Waals surface area contributed by atoms with Gasteiger partial charge in [0.05, 0.1) is 12.8 Å². The molecule has 1 saturated carbocycles. The zero-order valence-electron chi connectivity index (χ0n) is 17.2. The minimum atomic E-state index is -0.215. The van der Waals surface area contributed by atoms with Crippen molar-refractivity contribution in [3.05, 3.63) is 35.9 Å². The summed E-state index contributed by atoms with van der Waals surface area (Å²) in [6.45, 7) is 5.05. The van der Waals surface area contributed by atoms with E-state index in [1.165, 1.54) is 37.7 Å². The zero-order chi connectivity index (χ0) is 19.4. The number of piperidine rings is 2. The fourth-order valence-corrected chi connectivity index (χ4v) is 6.20. The SMILES string of the molecule is O[C@H]1C[C@]2(CCCN(CCCF)C2)CC[C@@H]1N1CCC(c2ccccc2)CC1. The summed E-state index contributed by atoms with van der Waals surface area (Å²) in [7, 11) is 0. The molecule has 28 heavy (non-hydrogen) atoms. The van der Waals surface area contributed by atoms with Crippen LogP contribution in [0.4, 0.5) is 4.39 Å². The van der Waals surface area contributed by atoms with E-state index in [1.54, 1.807) is 0 Å². The van der Waals surface area contributed by atoms with Gasteiger partial charge in [0.2, 0.25) is 0 Å². The van der Waals surface area contributed by atoms with Gasteiger partial charge in [0.25, 0.3) is 0 Å². The second kappa shape index (κ2) is 9.23. The van der Waals surface area contributed by atoms with Crippen LogP contribution in [0.5, 0.6) is 0 Å². The van der Waals surface area contributed by atoms with E-state index >= 15 is 0 Å². The van der Waals surface area contributed by atoms with E-state index in [0.717, 1.165) is 45.6 Å². The predicted molar refractivity (Wildman–Crippen MR) is 112 cm³/mol. The number of nitrogens with zero attached hydrogens (tertiary/aromatic N) is 2. The first-order valence-electron chi connectivity index (χ1n) is 11.4. The Labute approximate surface area is 169 Å². The Kier molecular flexibility index (Phi) is 6.70. The number of benzene rings is 1. The molecule has 1 aliphatic carbocycles. The second-order valence-electron chi connectivity index (χ2n) is 9.52. The molecule has 2 heterocycles. The summed E-state index contributed by atoms with van der Waals surface area (Å²) < 4.78 is 12.6. The van der Waals surface area contributed by atoms with Gasteiger partial charge in [0.15, 0.2) is 0 Å². The molecular formula is C24H37FN2O. The van der Waals surface area contributed by atoms with Crippen LogP contribution in [-0.2, 0) is 0 Å². The highest BCUT2D eigenvalue weighted by molar-refractivity contribution is 5.20. The molecule has 1 spiro atoms. The smallest absolute Gasteiger partial charge is 0.0906 e.